The number of aryl methyl sites for hydroxylation is 1. The van der Waals surface area contributed by atoms with E-state index in [0.717, 1.165) is 6.42 Å². The molecule has 2 atom stereocenters. The molecule has 0 saturated carbocycles. The molecular weight excluding hydrogens is 339 g/mol. The number of amides is 1. The van der Waals surface area contributed by atoms with Crippen molar-refractivity contribution in [3.05, 3.63) is 29.8 Å². The summed E-state index contributed by atoms with van der Waals surface area (Å²) in [5.74, 6) is -1.33. The summed E-state index contributed by atoms with van der Waals surface area (Å²) in [5, 5.41) is 9.28. The molecule has 5 nitrogen and oxygen atoms in total. The molecule has 0 aromatic heterocycles. The van der Waals surface area contributed by atoms with Crippen molar-refractivity contribution in [1.82, 2.24) is 4.90 Å². The van der Waals surface area contributed by atoms with Crippen LogP contribution in [0.25, 0.3) is 0 Å². The van der Waals surface area contributed by atoms with E-state index in [-0.39, 0.29) is 24.0 Å². The Hall–Kier alpha value is -2.25. The highest BCUT2D eigenvalue weighted by Gasteiger charge is 2.34. The van der Waals surface area contributed by atoms with Crippen molar-refractivity contribution < 1.29 is 32.6 Å². The number of carbonyl (C=O) groups is 2. The van der Waals surface area contributed by atoms with Crippen LogP contribution in [0, 0.1) is 5.92 Å². The van der Waals surface area contributed by atoms with Crippen LogP contribution in [0.5, 0.6) is 5.75 Å². The molecular formula is C17H20F3NO4. The first kappa shape index (κ1) is 19.1. The Balaban J connectivity index is 1.91. The molecule has 1 saturated heterocycles. The van der Waals surface area contributed by atoms with Gasteiger partial charge >= 0.3 is 12.3 Å². The van der Waals surface area contributed by atoms with E-state index >= 15 is 0 Å². The Morgan fingerprint density at radius 3 is 2.48 bits per heavy atom. The van der Waals surface area contributed by atoms with Gasteiger partial charge in [0.05, 0.1) is 0 Å². The number of carboxylic acids is 1. The number of likely N-dealkylation sites (tertiary alicyclic amines) is 1. The maximum atomic E-state index is 12.3. The number of carbonyl (C=O) groups excluding carboxylic acids is 1. The summed E-state index contributed by atoms with van der Waals surface area (Å²) in [4.78, 5) is 25.1. The largest absolute Gasteiger partial charge is 0.573 e. The van der Waals surface area contributed by atoms with E-state index in [1.807, 2.05) is 6.92 Å². The Labute approximate surface area is 143 Å². The van der Waals surface area contributed by atoms with Crippen molar-refractivity contribution in [2.45, 2.75) is 45.0 Å². The lowest BCUT2D eigenvalue weighted by molar-refractivity contribution is -0.274. The summed E-state index contributed by atoms with van der Waals surface area (Å²) in [5.41, 5.74) is 0.681. The van der Waals surface area contributed by atoms with Crippen LogP contribution in [0.3, 0.4) is 0 Å². The molecule has 1 N–H and O–H groups in total. The third-order valence-corrected chi connectivity index (χ3v) is 4.25. The van der Waals surface area contributed by atoms with Crippen LogP contribution in [0.15, 0.2) is 24.3 Å². The van der Waals surface area contributed by atoms with Crippen molar-refractivity contribution >= 4 is 11.9 Å². The van der Waals surface area contributed by atoms with Crippen LogP contribution in [-0.4, -0.2) is 40.8 Å². The average Bonchev–Trinajstić information content (AvgIpc) is 2.52. The first-order valence-electron chi connectivity index (χ1n) is 8.02. The third-order valence-electron chi connectivity index (χ3n) is 4.25. The molecule has 1 aliphatic heterocycles. The lowest BCUT2D eigenvalue weighted by Gasteiger charge is -2.36. The summed E-state index contributed by atoms with van der Waals surface area (Å²) in [6.45, 7) is 2.37. The first-order valence-corrected chi connectivity index (χ1v) is 8.02. The van der Waals surface area contributed by atoms with Gasteiger partial charge in [-0.1, -0.05) is 19.1 Å². The second-order valence-corrected chi connectivity index (χ2v) is 6.26. The molecule has 0 radical (unpaired) electrons. The molecule has 1 heterocycles. The molecule has 2 rings (SSSR count). The van der Waals surface area contributed by atoms with Gasteiger partial charge in [-0.15, -0.1) is 13.2 Å². The maximum absolute atomic E-state index is 12.3. The number of aliphatic carboxylic acids is 1. The molecule has 1 amide bonds. The Bertz CT molecular complexity index is 615. The molecule has 25 heavy (non-hydrogen) atoms. The molecule has 138 valence electrons. The predicted molar refractivity (Wildman–Crippen MR) is 83.0 cm³/mol. The summed E-state index contributed by atoms with van der Waals surface area (Å²) in [6, 6.07) is 4.49. The quantitative estimate of drug-likeness (QED) is 0.877. The minimum Gasteiger partial charge on any atom is -0.480 e. The zero-order valence-electron chi connectivity index (χ0n) is 13.8. The summed E-state index contributed by atoms with van der Waals surface area (Å²) < 4.78 is 40.1. The molecule has 1 aromatic rings. The van der Waals surface area contributed by atoms with Crippen LogP contribution in [0.2, 0.25) is 0 Å². The van der Waals surface area contributed by atoms with Crippen LogP contribution < -0.4 is 4.74 Å². The standard InChI is InChI=1S/C17H20F3NO4/c1-11-8-9-21(14(10-11)16(23)24)15(22)7-4-12-2-5-13(6-3-12)25-17(18,19)20/h2-3,5-6,11,14H,4,7-10H2,1H3,(H,23,24). The first-order chi connectivity index (χ1) is 11.7. The van der Waals surface area contributed by atoms with E-state index in [1.165, 1.54) is 29.2 Å². The van der Waals surface area contributed by atoms with Gasteiger partial charge in [-0.3, -0.25) is 4.79 Å². The SMILES string of the molecule is CC1CCN(C(=O)CCc2ccc(OC(F)(F)F)cc2)C(C(=O)O)C1. The van der Waals surface area contributed by atoms with Crippen molar-refractivity contribution in [1.29, 1.82) is 0 Å². The van der Waals surface area contributed by atoms with Gasteiger partial charge in [-0.05, 0) is 42.9 Å². The number of alkyl halides is 3. The molecule has 0 bridgehead atoms. The van der Waals surface area contributed by atoms with Gasteiger partial charge in [0, 0.05) is 13.0 Å². The van der Waals surface area contributed by atoms with E-state index < -0.39 is 18.4 Å². The van der Waals surface area contributed by atoms with Crippen LogP contribution in [0.1, 0.15) is 31.7 Å². The number of hydrogen-bond acceptors (Lipinski definition) is 3. The van der Waals surface area contributed by atoms with Gasteiger partial charge in [0.25, 0.3) is 0 Å². The van der Waals surface area contributed by atoms with Crippen molar-refractivity contribution in [2.24, 2.45) is 5.92 Å². The molecule has 0 spiro atoms. The summed E-state index contributed by atoms with van der Waals surface area (Å²) >= 11 is 0. The van der Waals surface area contributed by atoms with E-state index in [4.69, 9.17) is 0 Å². The van der Waals surface area contributed by atoms with Gasteiger partial charge in [0.15, 0.2) is 0 Å². The fourth-order valence-corrected chi connectivity index (χ4v) is 2.93. The highest BCUT2D eigenvalue weighted by Crippen LogP contribution is 2.25. The minimum absolute atomic E-state index is 0.109. The lowest BCUT2D eigenvalue weighted by atomic mass is 9.92. The molecule has 0 aliphatic carbocycles. The maximum Gasteiger partial charge on any atom is 0.573 e. The number of hydrogen-bond donors (Lipinski definition) is 1. The number of rotatable bonds is 5. The number of nitrogens with zero attached hydrogens (tertiary/aromatic N) is 1. The third kappa shape index (κ3) is 5.65. The van der Waals surface area contributed by atoms with Gasteiger partial charge in [0.1, 0.15) is 11.8 Å². The minimum atomic E-state index is -4.74. The molecule has 1 aliphatic rings. The number of halogens is 3. The number of ether oxygens (including phenoxy) is 1. The highest BCUT2D eigenvalue weighted by atomic mass is 19.4. The zero-order chi connectivity index (χ0) is 18.6. The Morgan fingerprint density at radius 1 is 1.28 bits per heavy atom. The van der Waals surface area contributed by atoms with E-state index in [1.54, 1.807) is 0 Å². The van der Waals surface area contributed by atoms with Crippen LogP contribution in [0.4, 0.5) is 13.2 Å². The molecule has 1 fully saturated rings. The van der Waals surface area contributed by atoms with Crippen molar-refractivity contribution in [3.63, 3.8) is 0 Å². The summed E-state index contributed by atoms with van der Waals surface area (Å²) in [7, 11) is 0. The van der Waals surface area contributed by atoms with E-state index in [2.05, 4.69) is 4.74 Å². The van der Waals surface area contributed by atoms with Crippen molar-refractivity contribution in [3.8, 4) is 5.75 Å². The average molecular weight is 359 g/mol. The number of piperidine rings is 1. The van der Waals surface area contributed by atoms with Crippen molar-refractivity contribution in [2.75, 3.05) is 6.54 Å². The van der Waals surface area contributed by atoms with E-state index in [9.17, 15) is 27.9 Å². The van der Waals surface area contributed by atoms with Gasteiger partial charge in [-0.2, -0.15) is 0 Å². The fourth-order valence-electron chi connectivity index (χ4n) is 2.93. The fraction of sp³-hybridized carbons (Fsp3) is 0.529. The number of benzene rings is 1. The zero-order valence-corrected chi connectivity index (χ0v) is 13.8. The second-order valence-electron chi connectivity index (χ2n) is 6.26. The molecule has 8 heteroatoms. The molecule has 2 unspecified atom stereocenters. The van der Waals surface area contributed by atoms with Crippen LogP contribution in [-0.2, 0) is 16.0 Å². The summed E-state index contributed by atoms with van der Waals surface area (Å²) in [6.07, 6.45) is -3.11. The van der Waals surface area contributed by atoms with Gasteiger partial charge in [-0.25, -0.2) is 4.79 Å². The molecule has 1 aromatic carbocycles. The van der Waals surface area contributed by atoms with Gasteiger partial charge in [0.2, 0.25) is 5.91 Å². The predicted octanol–water partition coefficient (Wildman–Crippen LogP) is 3.23. The van der Waals surface area contributed by atoms with Crippen LogP contribution >= 0.6 is 0 Å². The highest BCUT2D eigenvalue weighted by molar-refractivity contribution is 5.84. The van der Waals surface area contributed by atoms with Gasteiger partial charge < -0.3 is 14.7 Å². The Kier molecular flexibility index (Phi) is 5.92. The normalized spacial score (nSPS) is 21.0. The second kappa shape index (κ2) is 7.76. The number of carboxylic acid groups (broad SMARTS) is 1. The Morgan fingerprint density at radius 2 is 1.92 bits per heavy atom. The topological polar surface area (TPSA) is 66.8 Å². The lowest BCUT2D eigenvalue weighted by Crippen LogP contribution is -2.49. The van der Waals surface area contributed by atoms with E-state index in [0.29, 0.717) is 24.9 Å². The smallest absolute Gasteiger partial charge is 0.480 e. The monoisotopic (exact) mass is 359 g/mol.